The molecule has 0 saturated carbocycles. The number of hydrogen-bond donors (Lipinski definition) is 1. The molecule has 2 rings (SSSR count). The fourth-order valence-electron chi connectivity index (χ4n) is 2.01. The zero-order valence-corrected chi connectivity index (χ0v) is 14.0. The second-order valence-electron chi connectivity index (χ2n) is 5.41. The van der Waals surface area contributed by atoms with Crippen molar-refractivity contribution in [3.05, 3.63) is 46.7 Å². The standard InChI is InChI=1S/C16H20N2O3S/c1-10-5-6-11(2)14(7-10)9-22(20)13(4)16(19)17-15-8-12(3)21-18-15/h5-8,13H,9H2,1-4H3,(H,17,18,19)/t13-,22-/m0/s1. The summed E-state index contributed by atoms with van der Waals surface area (Å²) in [7, 11) is -1.30. The summed E-state index contributed by atoms with van der Waals surface area (Å²) in [6.07, 6.45) is 0. The topological polar surface area (TPSA) is 72.2 Å². The first kappa shape index (κ1) is 16.4. The first-order valence-corrected chi connectivity index (χ1v) is 8.42. The molecule has 1 heterocycles. The summed E-state index contributed by atoms with van der Waals surface area (Å²) in [6, 6.07) is 7.66. The molecule has 0 spiro atoms. The highest BCUT2D eigenvalue weighted by Crippen LogP contribution is 2.16. The Morgan fingerprint density at radius 3 is 2.68 bits per heavy atom. The molecule has 2 atom stereocenters. The first-order valence-electron chi connectivity index (χ1n) is 7.04. The molecular formula is C16H20N2O3S. The van der Waals surface area contributed by atoms with Crippen LogP contribution in [0.5, 0.6) is 0 Å². The number of aromatic nitrogens is 1. The van der Waals surface area contributed by atoms with E-state index in [4.69, 9.17) is 4.52 Å². The molecule has 0 aliphatic rings. The molecule has 0 unspecified atom stereocenters. The van der Waals surface area contributed by atoms with Gasteiger partial charge in [0, 0.05) is 22.6 Å². The normalized spacial score (nSPS) is 13.6. The van der Waals surface area contributed by atoms with E-state index in [-0.39, 0.29) is 5.91 Å². The molecule has 1 N–H and O–H groups in total. The van der Waals surface area contributed by atoms with E-state index < -0.39 is 16.0 Å². The molecule has 5 nitrogen and oxygen atoms in total. The number of nitrogens with zero attached hydrogens (tertiary/aromatic N) is 1. The second-order valence-corrected chi connectivity index (χ2v) is 7.17. The molecule has 0 aliphatic heterocycles. The third kappa shape index (κ3) is 4.04. The molecule has 0 aliphatic carbocycles. The minimum absolute atomic E-state index is 0.322. The van der Waals surface area contributed by atoms with E-state index in [1.54, 1.807) is 19.9 Å². The van der Waals surface area contributed by atoms with E-state index in [1.165, 1.54) is 0 Å². The quantitative estimate of drug-likeness (QED) is 0.919. The van der Waals surface area contributed by atoms with Gasteiger partial charge in [-0.15, -0.1) is 0 Å². The van der Waals surface area contributed by atoms with Crippen LogP contribution in [0.1, 0.15) is 29.4 Å². The van der Waals surface area contributed by atoms with E-state index in [2.05, 4.69) is 10.5 Å². The number of carbonyl (C=O) groups excluding carboxylic acids is 1. The van der Waals surface area contributed by atoms with Gasteiger partial charge in [-0.25, -0.2) is 0 Å². The van der Waals surface area contributed by atoms with Gasteiger partial charge in [-0.2, -0.15) is 0 Å². The second kappa shape index (κ2) is 6.87. The van der Waals surface area contributed by atoms with E-state index in [1.807, 2.05) is 32.0 Å². The average Bonchev–Trinajstić information content (AvgIpc) is 2.87. The van der Waals surface area contributed by atoms with Crippen molar-refractivity contribution in [1.82, 2.24) is 5.16 Å². The van der Waals surface area contributed by atoms with Crippen LogP contribution in [-0.2, 0) is 21.3 Å². The van der Waals surface area contributed by atoms with Crippen LogP contribution in [0, 0.1) is 20.8 Å². The zero-order chi connectivity index (χ0) is 16.3. The summed E-state index contributed by atoms with van der Waals surface area (Å²) >= 11 is 0. The van der Waals surface area contributed by atoms with Crippen LogP contribution in [0.2, 0.25) is 0 Å². The van der Waals surface area contributed by atoms with Gasteiger partial charge in [0.2, 0.25) is 5.91 Å². The molecule has 0 saturated heterocycles. The third-order valence-corrected chi connectivity index (χ3v) is 5.04. The van der Waals surface area contributed by atoms with Crippen molar-refractivity contribution in [1.29, 1.82) is 0 Å². The SMILES string of the molecule is Cc1ccc(C)c(C[S@](=O)[C@@H](C)C(=O)Nc2cc(C)on2)c1. The van der Waals surface area contributed by atoms with E-state index in [0.29, 0.717) is 17.3 Å². The number of hydrogen-bond acceptors (Lipinski definition) is 4. The predicted molar refractivity (Wildman–Crippen MR) is 87.1 cm³/mol. The van der Waals surface area contributed by atoms with Crippen molar-refractivity contribution in [3.8, 4) is 0 Å². The Morgan fingerprint density at radius 1 is 1.32 bits per heavy atom. The summed E-state index contributed by atoms with van der Waals surface area (Å²) < 4.78 is 17.3. The van der Waals surface area contributed by atoms with Crippen molar-refractivity contribution in [2.45, 2.75) is 38.7 Å². The largest absolute Gasteiger partial charge is 0.360 e. The third-order valence-electron chi connectivity index (χ3n) is 3.45. The summed E-state index contributed by atoms with van der Waals surface area (Å²) in [5, 5.41) is 5.69. The lowest BCUT2D eigenvalue weighted by Gasteiger charge is -2.12. The molecule has 0 bridgehead atoms. The zero-order valence-electron chi connectivity index (χ0n) is 13.2. The van der Waals surface area contributed by atoms with E-state index >= 15 is 0 Å². The Bertz CT molecular complexity index is 709. The minimum Gasteiger partial charge on any atom is -0.360 e. The summed E-state index contributed by atoms with van der Waals surface area (Å²) in [5.74, 6) is 0.995. The highest BCUT2D eigenvalue weighted by atomic mass is 32.2. The van der Waals surface area contributed by atoms with Gasteiger partial charge in [-0.05, 0) is 38.8 Å². The van der Waals surface area contributed by atoms with Gasteiger partial charge >= 0.3 is 0 Å². The average molecular weight is 320 g/mol. The van der Waals surface area contributed by atoms with Gasteiger partial charge < -0.3 is 9.84 Å². The van der Waals surface area contributed by atoms with E-state index in [0.717, 1.165) is 16.7 Å². The summed E-state index contributed by atoms with van der Waals surface area (Å²) in [4.78, 5) is 12.1. The number of aryl methyl sites for hydroxylation is 3. The van der Waals surface area contributed by atoms with Gasteiger partial charge in [0.05, 0.1) is 0 Å². The molecule has 0 fully saturated rings. The fourth-order valence-corrected chi connectivity index (χ4v) is 3.17. The van der Waals surface area contributed by atoms with Gasteiger partial charge in [-0.1, -0.05) is 28.9 Å². The molecule has 22 heavy (non-hydrogen) atoms. The number of anilines is 1. The Hall–Kier alpha value is -1.95. The fraction of sp³-hybridized carbons (Fsp3) is 0.375. The molecular weight excluding hydrogens is 300 g/mol. The summed E-state index contributed by atoms with van der Waals surface area (Å²) in [6.45, 7) is 7.37. The number of benzene rings is 1. The van der Waals surface area contributed by atoms with Crippen LogP contribution < -0.4 is 5.32 Å². The lowest BCUT2D eigenvalue weighted by atomic mass is 10.1. The maximum atomic E-state index is 12.4. The molecule has 1 aromatic heterocycles. The Balaban J connectivity index is 2.02. The minimum atomic E-state index is -1.30. The van der Waals surface area contributed by atoms with Crippen molar-refractivity contribution >= 4 is 22.5 Å². The lowest BCUT2D eigenvalue weighted by Crippen LogP contribution is -2.30. The van der Waals surface area contributed by atoms with Crippen LogP contribution >= 0.6 is 0 Å². The maximum Gasteiger partial charge on any atom is 0.241 e. The van der Waals surface area contributed by atoms with Gasteiger partial charge in [-0.3, -0.25) is 9.00 Å². The number of amides is 1. The van der Waals surface area contributed by atoms with Crippen LogP contribution in [0.25, 0.3) is 0 Å². The molecule has 118 valence electrons. The number of carbonyl (C=O) groups is 1. The Labute approximate surface area is 132 Å². The smallest absolute Gasteiger partial charge is 0.241 e. The molecule has 1 aromatic carbocycles. The van der Waals surface area contributed by atoms with Crippen molar-refractivity contribution in [3.63, 3.8) is 0 Å². The Kier molecular flexibility index (Phi) is 5.13. The van der Waals surface area contributed by atoms with Gasteiger partial charge in [0.15, 0.2) is 5.82 Å². The van der Waals surface area contributed by atoms with Gasteiger partial charge in [0.1, 0.15) is 11.0 Å². The monoisotopic (exact) mass is 320 g/mol. The van der Waals surface area contributed by atoms with Crippen molar-refractivity contribution in [2.24, 2.45) is 0 Å². The molecule has 6 heteroatoms. The van der Waals surface area contributed by atoms with Crippen LogP contribution in [0.4, 0.5) is 5.82 Å². The van der Waals surface area contributed by atoms with Crippen molar-refractivity contribution < 1.29 is 13.5 Å². The molecule has 0 radical (unpaired) electrons. The maximum absolute atomic E-state index is 12.4. The van der Waals surface area contributed by atoms with E-state index in [9.17, 15) is 9.00 Å². The molecule has 2 aromatic rings. The number of rotatable bonds is 5. The number of nitrogens with one attached hydrogen (secondary N) is 1. The molecule has 1 amide bonds. The summed E-state index contributed by atoms with van der Waals surface area (Å²) in [5.41, 5.74) is 3.21. The van der Waals surface area contributed by atoms with Crippen molar-refractivity contribution in [2.75, 3.05) is 5.32 Å². The van der Waals surface area contributed by atoms with Crippen LogP contribution in [0.15, 0.2) is 28.8 Å². The highest BCUT2D eigenvalue weighted by Gasteiger charge is 2.21. The Morgan fingerprint density at radius 2 is 2.05 bits per heavy atom. The van der Waals surface area contributed by atoms with Gasteiger partial charge in [0.25, 0.3) is 0 Å². The highest BCUT2D eigenvalue weighted by molar-refractivity contribution is 7.85. The van der Waals surface area contributed by atoms with Crippen LogP contribution in [-0.4, -0.2) is 20.5 Å². The lowest BCUT2D eigenvalue weighted by molar-refractivity contribution is -0.115. The predicted octanol–water partition coefficient (Wildman–Crippen LogP) is 2.88. The first-order chi connectivity index (χ1) is 10.4. The van der Waals surface area contributed by atoms with Crippen LogP contribution in [0.3, 0.4) is 0 Å².